The van der Waals surface area contributed by atoms with E-state index in [0.29, 0.717) is 17.3 Å². The monoisotopic (exact) mass is 324 g/mol. The van der Waals surface area contributed by atoms with Crippen LogP contribution in [0.5, 0.6) is 0 Å². The smallest absolute Gasteiger partial charge is 0.347 e. The highest BCUT2D eigenvalue weighted by Gasteiger charge is 2.12. The van der Waals surface area contributed by atoms with Gasteiger partial charge in [-0.05, 0) is 50.6 Å². The molecular weight excluding hydrogens is 304 g/mol. The van der Waals surface area contributed by atoms with Crippen LogP contribution in [0.15, 0.2) is 29.4 Å². The van der Waals surface area contributed by atoms with Crippen molar-refractivity contribution < 1.29 is 14.4 Å². The van der Waals surface area contributed by atoms with Gasteiger partial charge in [0.2, 0.25) is 6.61 Å². The van der Waals surface area contributed by atoms with Gasteiger partial charge < -0.3 is 9.57 Å². The lowest BCUT2D eigenvalue weighted by Gasteiger charge is -2.13. The summed E-state index contributed by atoms with van der Waals surface area (Å²) in [5, 5.41) is 4.58. The summed E-state index contributed by atoms with van der Waals surface area (Å²) in [6.45, 7) is 5.02. The third-order valence-corrected chi connectivity index (χ3v) is 3.77. The second-order valence-corrected chi connectivity index (χ2v) is 5.66. The van der Waals surface area contributed by atoms with Gasteiger partial charge in [-0.2, -0.15) is 0 Å². The molecule has 1 aliphatic rings. The van der Waals surface area contributed by atoms with Crippen LogP contribution in [0.25, 0.3) is 0 Å². The van der Waals surface area contributed by atoms with E-state index < -0.39 is 5.97 Å². The molecule has 0 aliphatic carbocycles. The third kappa shape index (κ3) is 5.66. The number of hydrogen-bond acceptors (Lipinski definition) is 5. The van der Waals surface area contributed by atoms with Crippen LogP contribution in [0.2, 0.25) is 5.02 Å². The second kappa shape index (κ2) is 8.76. The van der Waals surface area contributed by atoms with Gasteiger partial charge in [-0.25, -0.2) is 4.79 Å². The largest absolute Gasteiger partial charge is 0.462 e. The van der Waals surface area contributed by atoms with Crippen molar-refractivity contribution in [2.75, 3.05) is 32.8 Å². The number of nitrogens with zero attached hydrogens (tertiary/aromatic N) is 2. The molecule has 6 heteroatoms. The highest BCUT2D eigenvalue weighted by Crippen LogP contribution is 2.10. The Morgan fingerprint density at radius 3 is 2.64 bits per heavy atom. The van der Waals surface area contributed by atoms with E-state index in [1.807, 2.05) is 19.1 Å². The summed E-state index contributed by atoms with van der Waals surface area (Å²) in [6, 6.07) is 7.25. The van der Waals surface area contributed by atoms with E-state index in [1.54, 1.807) is 12.1 Å². The lowest BCUT2D eigenvalue weighted by atomic mass is 10.1. The van der Waals surface area contributed by atoms with E-state index in [-0.39, 0.29) is 6.61 Å². The Balaban J connectivity index is 1.64. The number of carbonyl (C=O) groups is 1. The highest BCUT2D eigenvalue weighted by molar-refractivity contribution is 6.30. The molecule has 0 bridgehead atoms. The van der Waals surface area contributed by atoms with Gasteiger partial charge in [-0.15, -0.1) is 0 Å². The molecule has 5 nitrogen and oxygen atoms in total. The number of benzene rings is 1. The lowest BCUT2D eigenvalue weighted by molar-refractivity contribution is -0.149. The predicted octanol–water partition coefficient (Wildman–Crippen LogP) is 2.72. The Kier molecular flexibility index (Phi) is 6.68. The first-order chi connectivity index (χ1) is 10.6. The summed E-state index contributed by atoms with van der Waals surface area (Å²) in [7, 11) is 0. The molecule has 1 aliphatic heterocycles. The first-order valence-electron chi connectivity index (χ1n) is 7.45. The summed E-state index contributed by atoms with van der Waals surface area (Å²) in [4.78, 5) is 18.8. The fourth-order valence-corrected chi connectivity index (χ4v) is 2.39. The molecule has 0 amide bonds. The standard InChI is InChI=1S/C16H21ClN2O3/c1-13(14-4-6-15(17)7-5-14)18-22-12-16(20)21-11-10-19-8-2-3-9-19/h4-7H,2-3,8-12H2,1H3. The van der Waals surface area contributed by atoms with Gasteiger partial charge in [0.05, 0.1) is 5.71 Å². The Bertz CT molecular complexity index is 511. The lowest BCUT2D eigenvalue weighted by Crippen LogP contribution is -2.26. The molecule has 0 saturated carbocycles. The summed E-state index contributed by atoms with van der Waals surface area (Å²) in [5.41, 5.74) is 1.58. The van der Waals surface area contributed by atoms with E-state index in [1.165, 1.54) is 12.8 Å². The molecule has 1 fully saturated rings. The van der Waals surface area contributed by atoms with Gasteiger partial charge in [0.1, 0.15) is 6.61 Å². The molecule has 120 valence electrons. The number of likely N-dealkylation sites (tertiary alicyclic amines) is 1. The summed E-state index contributed by atoms with van der Waals surface area (Å²) in [5.74, 6) is -0.396. The van der Waals surface area contributed by atoms with Gasteiger partial charge in [0.25, 0.3) is 0 Å². The van der Waals surface area contributed by atoms with Crippen molar-refractivity contribution in [1.29, 1.82) is 0 Å². The molecule has 1 saturated heterocycles. The fraction of sp³-hybridized carbons (Fsp3) is 0.500. The van der Waals surface area contributed by atoms with Crippen LogP contribution >= 0.6 is 11.6 Å². The maximum atomic E-state index is 11.5. The highest BCUT2D eigenvalue weighted by atomic mass is 35.5. The number of oxime groups is 1. The van der Waals surface area contributed by atoms with Crippen LogP contribution in [-0.2, 0) is 14.4 Å². The number of rotatable bonds is 7. The number of ether oxygens (including phenoxy) is 1. The zero-order chi connectivity index (χ0) is 15.8. The molecule has 0 spiro atoms. The van der Waals surface area contributed by atoms with Crippen molar-refractivity contribution in [3.8, 4) is 0 Å². The third-order valence-electron chi connectivity index (χ3n) is 3.52. The van der Waals surface area contributed by atoms with E-state index >= 15 is 0 Å². The molecule has 1 aromatic carbocycles. The number of carbonyl (C=O) groups excluding carboxylic acids is 1. The molecule has 0 N–H and O–H groups in total. The molecule has 22 heavy (non-hydrogen) atoms. The SMILES string of the molecule is CC(=NOCC(=O)OCCN1CCCC1)c1ccc(Cl)cc1. The number of hydrogen-bond donors (Lipinski definition) is 0. The molecule has 0 unspecified atom stereocenters. The maximum Gasteiger partial charge on any atom is 0.347 e. The minimum atomic E-state index is -0.396. The Labute approximate surface area is 135 Å². The molecule has 2 rings (SSSR count). The molecule has 0 radical (unpaired) electrons. The van der Waals surface area contributed by atoms with Crippen molar-refractivity contribution in [2.45, 2.75) is 19.8 Å². The van der Waals surface area contributed by atoms with E-state index in [4.69, 9.17) is 21.2 Å². The molecular formula is C16H21ClN2O3. The fourth-order valence-electron chi connectivity index (χ4n) is 2.26. The minimum Gasteiger partial charge on any atom is -0.462 e. The predicted molar refractivity (Wildman–Crippen MR) is 86.2 cm³/mol. The number of halogens is 1. The van der Waals surface area contributed by atoms with Gasteiger partial charge in [-0.1, -0.05) is 28.9 Å². The summed E-state index contributed by atoms with van der Waals surface area (Å²) in [6.07, 6.45) is 2.46. The Morgan fingerprint density at radius 1 is 1.27 bits per heavy atom. The van der Waals surface area contributed by atoms with E-state index in [0.717, 1.165) is 25.2 Å². The van der Waals surface area contributed by atoms with Gasteiger partial charge in [-0.3, -0.25) is 4.90 Å². The first kappa shape index (κ1) is 16.8. The molecule has 0 atom stereocenters. The normalized spacial score (nSPS) is 15.8. The maximum absolute atomic E-state index is 11.5. The minimum absolute atomic E-state index is 0.176. The van der Waals surface area contributed by atoms with E-state index in [2.05, 4.69) is 10.1 Å². The van der Waals surface area contributed by atoms with Gasteiger partial charge in [0.15, 0.2) is 0 Å². The topological polar surface area (TPSA) is 51.1 Å². The van der Waals surface area contributed by atoms with Crippen molar-refractivity contribution in [1.82, 2.24) is 4.90 Å². The molecule has 0 aromatic heterocycles. The summed E-state index contributed by atoms with van der Waals surface area (Å²) < 4.78 is 5.11. The van der Waals surface area contributed by atoms with Crippen molar-refractivity contribution >= 4 is 23.3 Å². The van der Waals surface area contributed by atoms with Crippen LogP contribution < -0.4 is 0 Å². The van der Waals surface area contributed by atoms with E-state index in [9.17, 15) is 4.79 Å². The van der Waals surface area contributed by atoms with Gasteiger partial charge >= 0.3 is 5.97 Å². The van der Waals surface area contributed by atoms with Gasteiger partial charge in [0, 0.05) is 11.6 Å². The number of esters is 1. The Hall–Kier alpha value is -1.59. The van der Waals surface area contributed by atoms with Crippen molar-refractivity contribution in [3.63, 3.8) is 0 Å². The summed E-state index contributed by atoms with van der Waals surface area (Å²) >= 11 is 5.82. The Morgan fingerprint density at radius 2 is 1.95 bits per heavy atom. The first-order valence-corrected chi connectivity index (χ1v) is 7.83. The zero-order valence-electron chi connectivity index (χ0n) is 12.8. The second-order valence-electron chi connectivity index (χ2n) is 5.23. The zero-order valence-corrected chi connectivity index (χ0v) is 13.5. The van der Waals surface area contributed by atoms with Crippen LogP contribution in [-0.4, -0.2) is 49.4 Å². The van der Waals surface area contributed by atoms with Crippen LogP contribution in [0.4, 0.5) is 0 Å². The van der Waals surface area contributed by atoms with Crippen molar-refractivity contribution in [3.05, 3.63) is 34.9 Å². The van der Waals surface area contributed by atoms with Crippen LogP contribution in [0, 0.1) is 0 Å². The molecule has 1 heterocycles. The average Bonchev–Trinajstić information content (AvgIpc) is 3.01. The van der Waals surface area contributed by atoms with Crippen molar-refractivity contribution in [2.24, 2.45) is 5.16 Å². The van der Waals surface area contributed by atoms with Crippen LogP contribution in [0.1, 0.15) is 25.3 Å². The van der Waals surface area contributed by atoms with Crippen LogP contribution in [0.3, 0.4) is 0 Å². The molecule has 1 aromatic rings. The average molecular weight is 325 g/mol. The quantitative estimate of drug-likeness (QED) is 0.439.